The van der Waals surface area contributed by atoms with E-state index in [0.717, 1.165) is 5.92 Å². The second-order valence-electron chi connectivity index (χ2n) is 2.67. The van der Waals surface area contributed by atoms with Crippen LogP contribution in [0.5, 0.6) is 0 Å². The topological polar surface area (TPSA) is 0 Å². The van der Waals surface area contributed by atoms with Gasteiger partial charge in [-0.2, -0.15) is 0 Å². The van der Waals surface area contributed by atoms with Crippen LogP contribution in [0.3, 0.4) is 0 Å². The fourth-order valence-electron chi connectivity index (χ4n) is 0.983. The molecular weight excluding hydrogens is 556 g/mol. The summed E-state index contributed by atoms with van der Waals surface area (Å²) in [6.45, 7) is 4.47. The number of hydrogen-bond donors (Lipinski definition) is 0. The molecule has 0 heterocycles. The predicted molar refractivity (Wildman–Crippen MR) is 43.9 cm³/mol. The average Bonchev–Trinajstić information content (AvgIpc) is 2.07. The number of rotatable bonds is 5. The van der Waals surface area contributed by atoms with Gasteiger partial charge in [0.15, 0.2) is 0 Å². The molecule has 0 aliphatic heterocycles. The van der Waals surface area contributed by atoms with Crippen LogP contribution in [0, 0.1) is 5.92 Å². The maximum absolute atomic E-state index is 5.95. The summed E-state index contributed by atoms with van der Waals surface area (Å²) in [5.41, 5.74) is 0. The summed E-state index contributed by atoms with van der Waals surface area (Å²) in [6, 6.07) is 0. The first-order chi connectivity index (χ1) is 5.28. The van der Waals surface area contributed by atoms with Gasteiger partial charge in [-0.05, 0) is 0 Å². The molecule has 0 radical (unpaired) electrons. The Morgan fingerprint density at radius 2 is 1.73 bits per heavy atom. The van der Waals surface area contributed by atoms with Crippen LogP contribution < -0.4 is 0 Å². The molecule has 0 aromatic rings. The van der Waals surface area contributed by atoms with Crippen molar-refractivity contribution in [2.45, 2.75) is 26.7 Å². The van der Waals surface area contributed by atoms with Crippen LogP contribution in [0.4, 0.5) is 0 Å². The van der Waals surface area contributed by atoms with Crippen molar-refractivity contribution < 1.29 is 46.7 Å². The van der Waals surface area contributed by atoms with Crippen molar-refractivity contribution in [1.82, 2.24) is 0 Å². The molecule has 0 spiro atoms. The van der Waals surface area contributed by atoms with Gasteiger partial charge in [0.25, 0.3) is 0 Å². The third-order valence-corrected chi connectivity index (χ3v) is 51.1. The first-order valence-electron chi connectivity index (χ1n) is 4.09. The second-order valence-corrected chi connectivity index (χ2v) is 31.6. The fraction of sp³-hybridized carbons (Fsp3) is 0.714. The molecule has 0 atom stereocenters. The van der Waals surface area contributed by atoms with Crippen LogP contribution in [-0.4, -0.2) is 0 Å². The Bertz CT molecular complexity index is 116. The molecule has 0 aromatic carbocycles. The Balaban J connectivity index is 3.98. The molecule has 0 saturated heterocycles. The third kappa shape index (κ3) is 6.29. The maximum atomic E-state index is 5.95. The van der Waals surface area contributed by atoms with Crippen LogP contribution in [0.1, 0.15) is 26.7 Å². The predicted octanol–water partition coefficient (Wildman–Crippen LogP) is 3.74. The zero-order chi connectivity index (χ0) is 8.69. The van der Waals surface area contributed by atoms with Gasteiger partial charge in [-0.3, -0.25) is 0 Å². The monoisotopic (exact) mass is 570 g/mol. The first-order valence-corrected chi connectivity index (χ1v) is 23.1. The van der Waals surface area contributed by atoms with E-state index in [2.05, 4.69) is 19.9 Å². The first kappa shape index (κ1) is 13.2. The van der Waals surface area contributed by atoms with Crippen molar-refractivity contribution in [3.8, 4) is 0 Å². The second kappa shape index (κ2) is 8.77. The van der Waals surface area contributed by atoms with E-state index in [9.17, 15) is 0 Å². The Hall–Kier alpha value is 2.19. The van der Waals surface area contributed by atoms with Crippen molar-refractivity contribution in [2.75, 3.05) is 0 Å². The van der Waals surface area contributed by atoms with Gasteiger partial charge in [0.05, 0.1) is 0 Å². The van der Waals surface area contributed by atoms with Gasteiger partial charge in [-0.25, -0.2) is 0 Å². The molecule has 58 valence electrons. The van der Waals surface area contributed by atoms with Crippen LogP contribution in [0.15, 0.2) is 6.67 Å². The molecule has 0 amide bonds. The van der Waals surface area contributed by atoms with Crippen LogP contribution in [0.2, 0.25) is 0 Å². The van der Waals surface area contributed by atoms with Crippen molar-refractivity contribution in [3.63, 3.8) is 0 Å². The average molecular weight is 568 g/mol. The third-order valence-electron chi connectivity index (χ3n) is 1.86. The molecule has 0 aliphatic rings. The van der Waals surface area contributed by atoms with E-state index in [1.54, 1.807) is 0.591 Å². The standard InChI is InChI=1S/C7H12.2ClH.2Hg/c1-4-7(5-2)6-3;;;;/h6-7H,4-5H2,1-2H3;2*1H;;/q;;;2*+1/p-2. The van der Waals surface area contributed by atoms with E-state index in [0.29, 0.717) is 0 Å². The van der Waals surface area contributed by atoms with Crippen LogP contribution >= 0.6 is 16.5 Å². The quantitative estimate of drug-likeness (QED) is 0.444. The molecule has 0 fully saturated rings. The summed E-state index contributed by atoms with van der Waals surface area (Å²) in [5.74, 6) is 0.766. The van der Waals surface area contributed by atoms with E-state index in [1.807, 2.05) is 0 Å². The van der Waals surface area contributed by atoms with Gasteiger partial charge in [-0.1, -0.05) is 0 Å². The summed E-state index contributed by atoms with van der Waals surface area (Å²) in [7, 11) is 11.9. The van der Waals surface area contributed by atoms with Crippen LogP contribution in [-0.2, 0) is 46.7 Å². The van der Waals surface area contributed by atoms with Gasteiger partial charge < -0.3 is 0 Å². The molecular formula is C7H12Cl2Hg2. The molecule has 0 saturated carbocycles. The number of halogens is 2. The van der Waals surface area contributed by atoms with E-state index in [-0.39, 0.29) is 0 Å². The van der Waals surface area contributed by atoms with E-state index in [4.69, 9.17) is 16.5 Å². The molecule has 11 heavy (non-hydrogen) atoms. The SMILES string of the molecule is CCC(C=[C]([Hg][Cl])[Hg][Cl])CC. The zero-order valence-electron chi connectivity index (χ0n) is 7.24. The molecule has 0 aliphatic carbocycles. The molecule has 4 heteroatoms. The Morgan fingerprint density at radius 1 is 1.27 bits per heavy atom. The summed E-state index contributed by atoms with van der Waals surface area (Å²) >= 11 is -2.19. The van der Waals surface area contributed by atoms with Crippen molar-refractivity contribution >= 4 is 16.5 Å². The number of hydrogen-bond acceptors (Lipinski definition) is 0. The van der Waals surface area contributed by atoms with Gasteiger partial charge >= 0.3 is 102 Å². The molecule has 0 rings (SSSR count). The van der Waals surface area contributed by atoms with Crippen molar-refractivity contribution in [3.05, 3.63) is 6.67 Å². The van der Waals surface area contributed by atoms with Crippen molar-refractivity contribution in [1.29, 1.82) is 0 Å². The summed E-state index contributed by atoms with van der Waals surface area (Å²) in [5, 5.41) is 0. The molecule has 0 nitrogen and oxygen atoms in total. The summed E-state index contributed by atoms with van der Waals surface area (Å²) in [4.78, 5) is 0. The Labute approximate surface area is 101 Å². The zero-order valence-corrected chi connectivity index (χ0v) is 19.7. The van der Waals surface area contributed by atoms with E-state index in [1.165, 1.54) is 12.8 Å². The Morgan fingerprint density at radius 3 is 2.00 bits per heavy atom. The molecule has 0 aromatic heterocycles. The molecule has 0 unspecified atom stereocenters. The van der Waals surface area contributed by atoms with Gasteiger partial charge in [-0.15, -0.1) is 0 Å². The number of allylic oxidation sites excluding steroid dienone is 1. The molecule has 0 bridgehead atoms. The van der Waals surface area contributed by atoms with Crippen LogP contribution in [0.25, 0.3) is 0 Å². The summed E-state index contributed by atoms with van der Waals surface area (Å²) < 4.78 is 1.60. The minimum absolute atomic E-state index is 0.766. The van der Waals surface area contributed by atoms with Gasteiger partial charge in [0.1, 0.15) is 0 Å². The Kier molecular flexibility index (Phi) is 10.5. The summed E-state index contributed by atoms with van der Waals surface area (Å²) in [6.07, 6.45) is 4.90. The van der Waals surface area contributed by atoms with Crippen molar-refractivity contribution in [2.24, 2.45) is 5.92 Å². The van der Waals surface area contributed by atoms with E-state index >= 15 is 0 Å². The fourth-order valence-corrected chi connectivity index (χ4v) is 30.5. The molecule has 0 N–H and O–H groups in total. The van der Waals surface area contributed by atoms with Gasteiger partial charge in [0, 0.05) is 0 Å². The van der Waals surface area contributed by atoms with E-state index < -0.39 is 46.7 Å². The normalized spacial score (nSPS) is 8.82. The minimum atomic E-state index is -1.09. The van der Waals surface area contributed by atoms with Gasteiger partial charge in [0.2, 0.25) is 0 Å².